The average Bonchev–Trinajstić information content (AvgIpc) is 3.43. The van der Waals surface area contributed by atoms with Gasteiger partial charge in [-0.1, -0.05) is 23.2 Å². The van der Waals surface area contributed by atoms with Crippen LogP contribution in [0.1, 0.15) is 20.9 Å². The Hall–Kier alpha value is -2.53. The minimum absolute atomic E-state index is 0.0685. The van der Waals surface area contributed by atoms with Gasteiger partial charge in [0.15, 0.2) is 5.76 Å². The van der Waals surface area contributed by atoms with Gasteiger partial charge in [0.05, 0.1) is 10.6 Å². The van der Waals surface area contributed by atoms with Crippen LogP contribution < -0.4 is 4.72 Å². The molecule has 0 unspecified atom stereocenters. The summed E-state index contributed by atoms with van der Waals surface area (Å²) in [5.41, 5.74) is 0.698. The number of nitrogens with one attached hydrogen (secondary N) is 1. The zero-order valence-electron chi connectivity index (χ0n) is 16.5. The Kier molecular flexibility index (Phi) is 6.47. The number of carbonyl (C=O) groups excluding carboxylic acids is 2. The summed E-state index contributed by atoms with van der Waals surface area (Å²) < 4.78 is 32.9. The lowest BCUT2D eigenvalue weighted by molar-refractivity contribution is 0.0518. The minimum atomic E-state index is -3.91. The molecule has 32 heavy (non-hydrogen) atoms. The van der Waals surface area contributed by atoms with Crippen LogP contribution in [0.15, 0.2) is 58.0 Å². The number of carbonyl (C=O) groups is 2. The van der Waals surface area contributed by atoms with Gasteiger partial charge in [-0.25, -0.2) is 8.42 Å². The average molecular weight is 514 g/mol. The number of furan rings is 1. The summed E-state index contributed by atoms with van der Waals surface area (Å²) in [5.74, 6) is -0.128. The van der Waals surface area contributed by atoms with Gasteiger partial charge in [0.25, 0.3) is 21.8 Å². The van der Waals surface area contributed by atoms with Crippen molar-refractivity contribution in [1.29, 1.82) is 0 Å². The molecule has 1 fully saturated rings. The lowest BCUT2D eigenvalue weighted by Crippen LogP contribution is -2.50. The zero-order chi connectivity index (χ0) is 22.9. The van der Waals surface area contributed by atoms with Crippen LogP contribution in [0, 0.1) is 0 Å². The molecule has 0 aliphatic carbocycles. The summed E-state index contributed by atoms with van der Waals surface area (Å²) in [6.07, 6.45) is 1.45. The first kappa shape index (κ1) is 22.7. The number of sulfonamides is 1. The maximum absolute atomic E-state index is 12.8. The molecule has 3 aromatic rings. The Balaban J connectivity index is 1.37. The van der Waals surface area contributed by atoms with Crippen LogP contribution in [-0.2, 0) is 10.0 Å². The number of thiophene rings is 1. The normalized spacial score (nSPS) is 14.4. The van der Waals surface area contributed by atoms with Gasteiger partial charge in [-0.05, 0) is 42.5 Å². The van der Waals surface area contributed by atoms with Crippen molar-refractivity contribution < 1.29 is 22.4 Å². The molecule has 1 saturated heterocycles. The molecule has 8 nitrogen and oxygen atoms in total. The maximum Gasteiger partial charge on any atom is 0.289 e. The highest BCUT2D eigenvalue weighted by Crippen LogP contribution is 2.35. The Bertz CT molecular complexity index is 1230. The summed E-state index contributed by atoms with van der Waals surface area (Å²) in [5, 5.41) is 0. The van der Waals surface area contributed by atoms with Crippen molar-refractivity contribution in [1.82, 2.24) is 9.80 Å². The van der Waals surface area contributed by atoms with Gasteiger partial charge < -0.3 is 14.2 Å². The van der Waals surface area contributed by atoms with Crippen LogP contribution >= 0.6 is 34.5 Å². The molecule has 4 rings (SSSR count). The van der Waals surface area contributed by atoms with Crippen LogP contribution in [0.2, 0.25) is 8.67 Å². The monoisotopic (exact) mass is 513 g/mol. The first-order chi connectivity index (χ1) is 15.2. The van der Waals surface area contributed by atoms with Crippen molar-refractivity contribution in [3.63, 3.8) is 0 Å². The number of nitrogens with zero attached hydrogens (tertiary/aromatic N) is 2. The SMILES string of the molecule is O=C(c1ccc(NS(=O)(=O)c2cc(Cl)sc2Cl)cc1)N1CCN(C(=O)c2ccco2)CC1. The molecule has 0 spiro atoms. The van der Waals surface area contributed by atoms with E-state index in [1.165, 1.54) is 24.5 Å². The third-order valence-electron chi connectivity index (χ3n) is 4.89. The first-order valence-corrected chi connectivity index (χ1v) is 12.5. The topological polar surface area (TPSA) is 99.9 Å². The summed E-state index contributed by atoms with van der Waals surface area (Å²) in [4.78, 5) is 28.3. The van der Waals surface area contributed by atoms with E-state index in [9.17, 15) is 18.0 Å². The Morgan fingerprint density at radius 1 is 0.969 bits per heavy atom. The van der Waals surface area contributed by atoms with Gasteiger partial charge >= 0.3 is 0 Å². The van der Waals surface area contributed by atoms with E-state index in [0.29, 0.717) is 31.7 Å². The Morgan fingerprint density at radius 3 is 2.12 bits per heavy atom. The van der Waals surface area contributed by atoms with Crippen molar-refractivity contribution in [2.45, 2.75) is 4.90 Å². The van der Waals surface area contributed by atoms with Crippen molar-refractivity contribution in [2.24, 2.45) is 0 Å². The predicted molar refractivity (Wildman–Crippen MR) is 122 cm³/mol. The van der Waals surface area contributed by atoms with Crippen LogP contribution in [0.25, 0.3) is 0 Å². The molecule has 12 heteroatoms. The highest BCUT2D eigenvalue weighted by Gasteiger charge is 2.27. The molecule has 0 saturated carbocycles. The number of benzene rings is 1. The smallest absolute Gasteiger partial charge is 0.289 e. The molecule has 0 radical (unpaired) electrons. The fourth-order valence-electron chi connectivity index (χ4n) is 3.25. The third kappa shape index (κ3) is 4.78. The number of halogens is 2. The van der Waals surface area contributed by atoms with Crippen LogP contribution in [0.3, 0.4) is 0 Å². The largest absolute Gasteiger partial charge is 0.459 e. The zero-order valence-corrected chi connectivity index (χ0v) is 19.6. The van der Waals surface area contributed by atoms with E-state index >= 15 is 0 Å². The minimum Gasteiger partial charge on any atom is -0.459 e. The summed E-state index contributed by atoms with van der Waals surface area (Å²) in [6.45, 7) is 1.56. The van der Waals surface area contributed by atoms with Crippen molar-refractivity contribution in [3.8, 4) is 0 Å². The number of hydrogen-bond donors (Lipinski definition) is 1. The van der Waals surface area contributed by atoms with Crippen molar-refractivity contribution in [2.75, 3.05) is 30.9 Å². The van der Waals surface area contributed by atoms with E-state index in [1.54, 1.807) is 34.1 Å². The number of hydrogen-bond acceptors (Lipinski definition) is 6. The fraction of sp³-hybridized carbons (Fsp3) is 0.200. The highest BCUT2D eigenvalue weighted by atomic mass is 35.5. The van der Waals surface area contributed by atoms with E-state index in [1.807, 2.05) is 0 Å². The van der Waals surface area contributed by atoms with E-state index in [0.717, 1.165) is 11.3 Å². The lowest BCUT2D eigenvalue weighted by atomic mass is 10.1. The van der Waals surface area contributed by atoms with Gasteiger partial charge in [0.1, 0.15) is 9.23 Å². The molecule has 1 N–H and O–H groups in total. The molecule has 2 aromatic heterocycles. The van der Waals surface area contributed by atoms with Gasteiger partial charge in [0, 0.05) is 37.4 Å². The second kappa shape index (κ2) is 9.14. The van der Waals surface area contributed by atoms with Crippen LogP contribution in [0.5, 0.6) is 0 Å². The van der Waals surface area contributed by atoms with E-state index < -0.39 is 10.0 Å². The van der Waals surface area contributed by atoms with Crippen LogP contribution in [0.4, 0.5) is 5.69 Å². The molecule has 0 atom stereocenters. The van der Waals surface area contributed by atoms with E-state index in [4.69, 9.17) is 27.6 Å². The van der Waals surface area contributed by atoms with Gasteiger partial charge in [0.2, 0.25) is 0 Å². The van der Waals surface area contributed by atoms with Gasteiger partial charge in [-0.15, -0.1) is 11.3 Å². The molecular weight excluding hydrogens is 497 g/mol. The fourth-order valence-corrected chi connectivity index (χ4v) is 6.46. The molecule has 1 aliphatic rings. The van der Waals surface area contributed by atoms with Crippen LogP contribution in [-0.4, -0.2) is 56.2 Å². The molecule has 168 valence electrons. The number of amides is 2. The number of piperazine rings is 1. The van der Waals surface area contributed by atoms with E-state index in [-0.39, 0.29) is 36.8 Å². The van der Waals surface area contributed by atoms with Crippen molar-refractivity contribution in [3.05, 3.63) is 68.7 Å². The Labute approximate surface area is 198 Å². The molecule has 3 heterocycles. The summed E-state index contributed by atoms with van der Waals surface area (Å²) >= 11 is 12.7. The summed E-state index contributed by atoms with van der Waals surface area (Å²) in [7, 11) is -3.91. The molecular formula is C20H17Cl2N3O5S2. The molecule has 1 aliphatic heterocycles. The van der Waals surface area contributed by atoms with Gasteiger partial charge in [-0.3, -0.25) is 14.3 Å². The first-order valence-electron chi connectivity index (χ1n) is 9.44. The summed E-state index contributed by atoms with van der Waals surface area (Å²) in [6, 6.07) is 10.6. The number of anilines is 1. The quantitative estimate of drug-likeness (QED) is 0.554. The highest BCUT2D eigenvalue weighted by molar-refractivity contribution is 7.93. The maximum atomic E-state index is 12.8. The lowest BCUT2D eigenvalue weighted by Gasteiger charge is -2.34. The molecule has 0 bridgehead atoms. The second-order valence-electron chi connectivity index (χ2n) is 6.93. The third-order valence-corrected chi connectivity index (χ3v) is 8.02. The predicted octanol–water partition coefficient (Wildman–Crippen LogP) is 4.05. The molecule has 2 amide bonds. The molecule has 1 aromatic carbocycles. The van der Waals surface area contributed by atoms with Gasteiger partial charge in [-0.2, -0.15) is 0 Å². The second-order valence-corrected chi connectivity index (χ2v) is 10.9. The standard InChI is InChI=1S/C20H17Cl2N3O5S2/c21-17-12-16(18(22)31-17)32(28,29)23-14-5-3-13(4-6-14)19(26)24-7-9-25(10-8-24)20(27)15-2-1-11-30-15/h1-6,11-12,23H,7-10H2. The van der Waals surface area contributed by atoms with E-state index in [2.05, 4.69) is 4.72 Å². The van der Waals surface area contributed by atoms with Crippen molar-refractivity contribution >= 4 is 62.1 Å². The Morgan fingerprint density at radius 2 is 1.59 bits per heavy atom. The number of rotatable bonds is 5.